The zero-order valence-corrected chi connectivity index (χ0v) is 35.8. The van der Waals surface area contributed by atoms with E-state index < -0.39 is 47.9 Å². The maximum Gasteiger partial charge on any atom is 0.407 e. The molecule has 6 heterocycles. The summed E-state index contributed by atoms with van der Waals surface area (Å²) in [4.78, 5) is 71.9. The first-order valence-corrected chi connectivity index (χ1v) is 21.0. The van der Waals surface area contributed by atoms with E-state index in [4.69, 9.17) is 38.4 Å². The highest BCUT2D eigenvalue weighted by Gasteiger charge is 2.54. The quantitative estimate of drug-likeness (QED) is 0.158. The minimum Gasteiger partial charge on any atom is -0.453 e. The van der Waals surface area contributed by atoms with Crippen molar-refractivity contribution in [1.82, 2.24) is 40.4 Å². The van der Waals surface area contributed by atoms with Gasteiger partial charge in [0.1, 0.15) is 23.7 Å². The van der Waals surface area contributed by atoms with Gasteiger partial charge in [0.2, 0.25) is 11.8 Å². The molecule has 2 spiro atoms. The Morgan fingerprint density at radius 1 is 0.613 bits per heavy atom. The first-order chi connectivity index (χ1) is 29.8. The number of nitrogens with one attached hydrogen (secondary N) is 4. The van der Waals surface area contributed by atoms with E-state index in [0.29, 0.717) is 50.9 Å². The average molecular weight is 855 g/mol. The molecule has 18 heteroatoms. The fourth-order valence-corrected chi connectivity index (χ4v) is 8.79. The minimum absolute atomic E-state index is 0.199. The summed E-state index contributed by atoms with van der Waals surface area (Å²) >= 11 is 0. The van der Waals surface area contributed by atoms with Crippen LogP contribution in [0.25, 0.3) is 33.6 Å². The van der Waals surface area contributed by atoms with E-state index in [-0.39, 0.29) is 36.7 Å². The van der Waals surface area contributed by atoms with E-state index in [2.05, 4.69) is 20.6 Å². The minimum atomic E-state index is -0.944. The molecule has 18 nitrogen and oxygen atoms in total. The lowest BCUT2D eigenvalue weighted by Gasteiger charge is -2.30. The third kappa shape index (κ3) is 8.51. The molecule has 4 aliphatic heterocycles. The molecule has 2 aromatic heterocycles. The Hall–Kier alpha value is -5.82. The summed E-state index contributed by atoms with van der Waals surface area (Å²) in [5.74, 6) is -1.64. The molecule has 4 fully saturated rings. The van der Waals surface area contributed by atoms with Crippen LogP contribution >= 0.6 is 0 Å². The Morgan fingerprint density at radius 2 is 0.952 bits per heavy atom. The van der Waals surface area contributed by atoms with Crippen molar-refractivity contribution < 1.29 is 47.6 Å². The Labute approximate surface area is 359 Å². The van der Waals surface area contributed by atoms with Crippen LogP contribution < -0.4 is 10.6 Å². The van der Waals surface area contributed by atoms with Gasteiger partial charge >= 0.3 is 12.2 Å². The number of imidazole rings is 2. The molecular formula is C44H54N8O10. The summed E-state index contributed by atoms with van der Waals surface area (Å²) < 4.78 is 33.7. The number of likely N-dealkylation sites (tertiary alicyclic amines) is 2. The molecule has 62 heavy (non-hydrogen) atoms. The smallest absolute Gasteiger partial charge is 0.407 e. The third-order valence-electron chi connectivity index (χ3n) is 12.1. The normalized spacial score (nSPS) is 21.2. The number of H-pyrrole nitrogens is 2. The van der Waals surface area contributed by atoms with Crippen LogP contribution in [0.5, 0.6) is 0 Å². The van der Waals surface area contributed by atoms with Crippen molar-refractivity contribution in [2.75, 3.05) is 53.7 Å². The Kier molecular flexibility index (Phi) is 12.1. The number of aromatic amines is 2. The largest absolute Gasteiger partial charge is 0.453 e. The Bertz CT molecular complexity index is 2090. The number of aromatic nitrogens is 4. The predicted molar refractivity (Wildman–Crippen MR) is 223 cm³/mol. The summed E-state index contributed by atoms with van der Waals surface area (Å²) in [5.41, 5.74) is 5.41. The van der Waals surface area contributed by atoms with Crippen LogP contribution in [0.1, 0.15) is 64.3 Å². The lowest BCUT2D eigenvalue weighted by Crippen LogP contribution is -2.52. The number of rotatable bonds is 11. The molecular weight excluding hydrogens is 801 g/mol. The van der Waals surface area contributed by atoms with Crippen LogP contribution in [0, 0.1) is 11.8 Å². The topological polar surface area (TPSA) is 212 Å². The van der Waals surface area contributed by atoms with Gasteiger partial charge in [0.15, 0.2) is 11.6 Å². The van der Waals surface area contributed by atoms with Crippen LogP contribution in [0.4, 0.5) is 9.59 Å². The predicted octanol–water partition coefficient (Wildman–Crippen LogP) is 4.93. The van der Waals surface area contributed by atoms with Gasteiger partial charge in [-0.3, -0.25) is 9.59 Å². The van der Waals surface area contributed by atoms with Crippen molar-refractivity contribution >= 4 is 24.0 Å². The van der Waals surface area contributed by atoms with Gasteiger partial charge in [-0.1, -0.05) is 76.2 Å². The molecule has 4 saturated heterocycles. The fourth-order valence-electron chi connectivity index (χ4n) is 8.79. The van der Waals surface area contributed by atoms with Crippen molar-refractivity contribution in [3.05, 3.63) is 72.6 Å². The maximum absolute atomic E-state index is 14.0. The number of amides is 4. The first-order valence-electron chi connectivity index (χ1n) is 21.0. The number of ether oxygens (including phenoxy) is 6. The number of benzene rings is 2. The fraction of sp³-hybridized carbons (Fsp3) is 0.500. The lowest BCUT2D eigenvalue weighted by molar-refractivity contribution is -0.153. The average Bonchev–Trinajstić information content (AvgIpc) is 4.15. The molecule has 4 N–H and O–H groups in total. The van der Waals surface area contributed by atoms with E-state index in [1.807, 2.05) is 76.2 Å². The summed E-state index contributed by atoms with van der Waals surface area (Å²) in [6, 6.07) is 13.7. The van der Waals surface area contributed by atoms with Gasteiger partial charge in [-0.25, -0.2) is 19.6 Å². The molecule has 4 atom stereocenters. The monoisotopic (exact) mass is 854 g/mol. The molecule has 2 aromatic carbocycles. The maximum atomic E-state index is 14.0. The number of nitrogens with zero attached hydrogens (tertiary/aromatic N) is 4. The van der Waals surface area contributed by atoms with Gasteiger partial charge in [0.05, 0.1) is 89.6 Å². The van der Waals surface area contributed by atoms with E-state index in [1.165, 1.54) is 14.2 Å². The van der Waals surface area contributed by atoms with Gasteiger partial charge in [-0.05, 0) is 34.1 Å². The van der Waals surface area contributed by atoms with Crippen molar-refractivity contribution in [3.63, 3.8) is 0 Å². The highest BCUT2D eigenvalue weighted by molar-refractivity contribution is 5.87. The van der Waals surface area contributed by atoms with E-state index in [1.54, 1.807) is 22.2 Å². The van der Waals surface area contributed by atoms with Crippen molar-refractivity contribution in [3.8, 4) is 33.6 Å². The van der Waals surface area contributed by atoms with Crippen molar-refractivity contribution in [2.45, 2.75) is 76.3 Å². The van der Waals surface area contributed by atoms with Gasteiger partial charge in [-0.15, -0.1) is 0 Å². The molecule has 1 unspecified atom stereocenters. The second kappa shape index (κ2) is 17.5. The van der Waals surface area contributed by atoms with Crippen molar-refractivity contribution in [2.24, 2.45) is 11.8 Å². The van der Waals surface area contributed by atoms with Gasteiger partial charge in [-0.2, -0.15) is 0 Å². The van der Waals surface area contributed by atoms with E-state index in [9.17, 15) is 19.2 Å². The number of carbonyl (C=O) groups excluding carboxylic acids is 4. The number of hydrogen-bond donors (Lipinski definition) is 4. The number of carbonyl (C=O) groups is 4. The number of hydrogen-bond acceptors (Lipinski definition) is 12. The summed E-state index contributed by atoms with van der Waals surface area (Å²) in [7, 11) is 2.53. The molecule has 0 bridgehead atoms. The number of alkyl carbamates (subject to hydrolysis) is 2. The van der Waals surface area contributed by atoms with E-state index in [0.717, 1.165) is 33.6 Å². The molecule has 0 aliphatic carbocycles. The molecule has 0 saturated carbocycles. The highest BCUT2D eigenvalue weighted by atomic mass is 16.7. The second-order valence-electron chi connectivity index (χ2n) is 16.8. The third-order valence-corrected chi connectivity index (χ3v) is 12.1. The molecule has 0 radical (unpaired) electrons. The first kappa shape index (κ1) is 42.9. The van der Waals surface area contributed by atoms with Gasteiger partial charge in [0, 0.05) is 12.8 Å². The van der Waals surface area contributed by atoms with Crippen LogP contribution in [0.15, 0.2) is 60.9 Å². The van der Waals surface area contributed by atoms with Crippen LogP contribution in [0.2, 0.25) is 0 Å². The zero-order valence-electron chi connectivity index (χ0n) is 35.8. The molecule has 330 valence electrons. The summed E-state index contributed by atoms with van der Waals surface area (Å²) in [6.45, 7) is 9.60. The lowest BCUT2D eigenvalue weighted by atomic mass is 10.0. The molecule has 4 amide bonds. The van der Waals surface area contributed by atoms with Crippen LogP contribution in [-0.2, 0) is 38.0 Å². The van der Waals surface area contributed by atoms with Gasteiger partial charge < -0.3 is 58.8 Å². The standard InChI is InChI=1S/C44H54N8O10/c1-25(2)35(49-41(55)57-5)39(53)51-23-43(59-15-16-60-43)19-33(51)37-45-21-31(47-37)29-11-7-27(8-12-29)28-9-13-30(14-10-28)32-22-46-38(48-32)34-20-44(61-17-18-62-44)24-52(34)40(54)36(26(3)4)50-42(56)58-6/h7-14,21-22,25-26,33-36H,15-20,23-24H2,1-6H3,(H,45,47)(H,46,48)(H,49,55)(H,50,56)/t33-,34-,35-,36?/m0/s1. The molecule has 8 rings (SSSR count). The Balaban J connectivity index is 0.965. The summed E-state index contributed by atoms with van der Waals surface area (Å²) in [5, 5.41) is 5.38. The Morgan fingerprint density at radius 3 is 1.27 bits per heavy atom. The zero-order chi connectivity index (χ0) is 43.8. The second-order valence-corrected chi connectivity index (χ2v) is 16.8. The molecule has 4 aromatic rings. The van der Waals surface area contributed by atoms with Gasteiger partial charge in [0.25, 0.3) is 0 Å². The number of methoxy groups -OCH3 is 2. The summed E-state index contributed by atoms with van der Waals surface area (Å²) in [6.07, 6.45) is 2.93. The van der Waals surface area contributed by atoms with Crippen LogP contribution in [-0.4, -0.2) is 131 Å². The van der Waals surface area contributed by atoms with Crippen LogP contribution in [0.3, 0.4) is 0 Å². The SMILES string of the molecule is COC(=O)NC(C(=O)N1CC2(C[C@H]1c1ncc(-c3ccc(-c4ccc(-c5cnc([C@@H]6CC7(CN6C(=O)[C@@H](NC(=O)OC)C(C)C)OCCO7)[nH]5)cc4)cc3)[nH]1)OCCO2)C(C)C. The van der Waals surface area contributed by atoms with E-state index >= 15 is 0 Å². The highest BCUT2D eigenvalue weighted by Crippen LogP contribution is 2.44. The molecule has 4 aliphatic rings. The van der Waals surface area contributed by atoms with Crippen molar-refractivity contribution in [1.29, 1.82) is 0 Å².